The Morgan fingerprint density at radius 1 is 0.418 bits per heavy atom. The van der Waals surface area contributed by atoms with Crippen LogP contribution in [0.3, 0.4) is 0 Å². The molecule has 5 aromatic carbocycles. The maximum atomic E-state index is 13.0. The highest BCUT2D eigenvalue weighted by Gasteiger charge is 2.26. The first-order valence-corrected chi connectivity index (χ1v) is 21.0. The lowest BCUT2D eigenvalue weighted by molar-refractivity contribution is 0.0695. The van der Waals surface area contributed by atoms with Gasteiger partial charge in [-0.3, -0.25) is 9.59 Å². The minimum atomic E-state index is -1.23. The normalized spacial score (nSPS) is 11.7. The predicted octanol–water partition coefficient (Wildman–Crippen LogP) is 12.1. The Morgan fingerprint density at radius 3 is 1.20 bits per heavy atom. The molecule has 0 heterocycles. The van der Waals surface area contributed by atoms with Crippen LogP contribution >= 0.6 is 0 Å². The molecule has 8 nitrogen and oxygen atoms in total. The smallest absolute Gasteiger partial charge is 0.336 e. The third-order valence-electron chi connectivity index (χ3n) is 11.6. The van der Waals surface area contributed by atoms with Crippen LogP contribution in [0.1, 0.15) is 189 Å². The van der Waals surface area contributed by atoms with Gasteiger partial charge in [0.1, 0.15) is 0 Å². The first-order chi connectivity index (χ1) is 26.7. The van der Waals surface area contributed by atoms with Crippen molar-refractivity contribution in [3.63, 3.8) is 0 Å². The van der Waals surface area contributed by atoms with E-state index in [4.69, 9.17) is 11.5 Å². The van der Waals surface area contributed by atoms with Gasteiger partial charge in [-0.1, -0.05) is 154 Å². The monoisotopic (exact) mass is 748 g/mol. The van der Waals surface area contributed by atoms with Crippen molar-refractivity contribution in [2.45, 2.75) is 148 Å². The summed E-state index contributed by atoms with van der Waals surface area (Å²) in [7, 11) is 0. The summed E-state index contributed by atoms with van der Waals surface area (Å²) in [4.78, 5) is 50.4. The molecule has 0 aliphatic rings. The molecule has 0 fully saturated rings. The van der Waals surface area contributed by atoms with E-state index in [0.29, 0.717) is 38.7 Å². The minimum absolute atomic E-state index is 0.105. The molecule has 0 aliphatic carbocycles. The molecule has 0 saturated carbocycles. The number of amides is 2. The van der Waals surface area contributed by atoms with E-state index in [9.17, 15) is 29.4 Å². The summed E-state index contributed by atoms with van der Waals surface area (Å²) < 4.78 is 0. The zero-order valence-electron chi connectivity index (χ0n) is 32.8. The molecule has 0 spiro atoms. The average molecular weight is 749 g/mol. The molecule has 0 aliphatic heterocycles. The van der Waals surface area contributed by atoms with Crippen LogP contribution < -0.4 is 11.5 Å². The molecular weight excluding hydrogens is 689 g/mol. The number of rotatable bonds is 26. The number of carbonyl (C=O) groups excluding carboxylic acids is 2. The fourth-order valence-electron chi connectivity index (χ4n) is 8.78. The van der Waals surface area contributed by atoms with Crippen molar-refractivity contribution in [2.75, 3.05) is 0 Å². The van der Waals surface area contributed by atoms with E-state index in [0.717, 1.165) is 30.2 Å². The van der Waals surface area contributed by atoms with Crippen LogP contribution in [0.4, 0.5) is 0 Å². The lowest BCUT2D eigenvalue weighted by Gasteiger charge is -2.21. The first kappa shape index (κ1) is 41.4. The first-order valence-electron chi connectivity index (χ1n) is 21.0. The van der Waals surface area contributed by atoms with Crippen LogP contribution in [0.25, 0.3) is 43.1 Å². The third-order valence-corrected chi connectivity index (χ3v) is 11.6. The molecular formula is C47H60N2O6. The van der Waals surface area contributed by atoms with Gasteiger partial charge in [0.15, 0.2) is 0 Å². The van der Waals surface area contributed by atoms with Crippen molar-refractivity contribution >= 4 is 66.8 Å². The third kappa shape index (κ3) is 9.94. The number of hydrogen-bond donors (Lipinski definition) is 4. The molecule has 5 rings (SSSR count). The highest BCUT2D eigenvalue weighted by atomic mass is 16.4. The van der Waals surface area contributed by atoms with Crippen LogP contribution in [-0.4, -0.2) is 34.0 Å². The molecule has 0 atom stereocenters. The van der Waals surface area contributed by atoms with E-state index in [1.165, 1.54) is 128 Å². The number of hydrogen-bond acceptors (Lipinski definition) is 4. The van der Waals surface area contributed by atoms with Gasteiger partial charge in [-0.05, 0) is 75.0 Å². The fraction of sp³-hybridized carbons (Fsp3) is 0.489. The number of carboxylic acid groups (broad SMARTS) is 2. The molecule has 8 heteroatoms. The molecule has 2 amide bonds. The molecule has 294 valence electrons. The fourth-order valence-corrected chi connectivity index (χ4v) is 8.78. The number of carboxylic acids is 2. The highest BCUT2D eigenvalue weighted by Crippen LogP contribution is 2.45. The van der Waals surface area contributed by atoms with Gasteiger partial charge >= 0.3 is 11.9 Å². The van der Waals surface area contributed by atoms with Gasteiger partial charge < -0.3 is 21.7 Å². The summed E-state index contributed by atoms with van der Waals surface area (Å²) in [5, 5.41) is 24.6. The van der Waals surface area contributed by atoms with Crippen molar-refractivity contribution in [3.8, 4) is 0 Å². The quantitative estimate of drug-likeness (QED) is 0.0250. The van der Waals surface area contributed by atoms with E-state index >= 15 is 0 Å². The Morgan fingerprint density at radius 2 is 0.782 bits per heavy atom. The van der Waals surface area contributed by atoms with Crippen molar-refractivity contribution in [1.29, 1.82) is 0 Å². The zero-order chi connectivity index (χ0) is 39.3. The van der Waals surface area contributed by atoms with E-state index in [1.54, 1.807) is 30.3 Å². The van der Waals surface area contributed by atoms with Crippen LogP contribution in [0.15, 0.2) is 42.5 Å². The second-order valence-electron chi connectivity index (χ2n) is 15.6. The van der Waals surface area contributed by atoms with Gasteiger partial charge in [0.05, 0.1) is 11.1 Å². The topological polar surface area (TPSA) is 161 Å². The molecule has 6 N–H and O–H groups in total. The average Bonchev–Trinajstić information content (AvgIpc) is 3.16. The van der Waals surface area contributed by atoms with Crippen LogP contribution in [-0.2, 0) is 6.42 Å². The second kappa shape index (κ2) is 20.3. The summed E-state index contributed by atoms with van der Waals surface area (Å²) in [5.74, 6) is -3.83. The van der Waals surface area contributed by atoms with Crippen molar-refractivity contribution in [3.05, 3.63) is 70.3 Å². The van der Waals surface area contributed by atoms with Crippen LogP contribution in [0.5, 0.6) is 0 Å². The number of unbranched alkanes of at least 4 members (excludes halogenated alkanes) is 20. The number of benzene rings is 5. The number of nitrogens with two attached hydrogens (primary N) is 2. The number of carbonyl (C=O) groups is 4. The van der Waals surface area contributed by atoms with E-state index in [2.05, 4.69) is 6.92 Å². The summed E-state index contributed by atoms with van der Waals surface area (Å²) in [6.07, 6.45) is 27.9. The van der Waals surface area contributed by atoms with Gasteiger partial charge in [0, 0.05) is 21.9 Å². The molecule has 55 heavy (non-hydrogen) atoms. The molecule has 5 aromatic rings. The summed E-state index contributed by atoms with van der Waals surface area (Å²) >= 11 is 0. The van der Waals surface area contributed by atoms with Crippen LogP contribution in [0.2, 0.25) is 0 Å². The van der Waals surface area contributed by atoms with Crippen molar-refractivity contribution in [2.24, 2.45) is 11.5 Å². The maximum Gasteiger partial charge on any atom is 0.336 e. The lowest BCUT2D eigenvalue weighted by Crippen LogP contribution is -2.17. The molecule has 0 aromatic heterocycles. The van der Waals surface area contributed by atoms with Gasteiger partial charge in [-0.25, -0.2) is 9.59 Å². The van der Waals surface area contributed by atoms with Gasteiger partial charge in [0.25, 0.3) is 0 Å². The van der Waals surface area contributed by atoms with Crippen molar-refractivity contribution in [1.82, 2.24) is 0 Å². The van der Waals surface area contributed by atoms with E-state index in [1.807, 2.05) is 0 Å². The summed E-state index contributed by atoms with van der Waals surface area (Å²) in [5.41, 5.74) is 12.8. The Labute approximate surface area is 325 Å². The zero-order valence-corrected chi connectivity index (χ0v) is 32.8. The second-order valence-corrected chi connectivity index (χ2v) is 15.6. The summed E-state index contributed by atoms with van der Waals surface area (Å²) in [6, 6.07) is 11.3. The van der Waals surface area contributed by atoms with Crippen LogP contribution in [0, 0.1) is 0 Å². The highest BCUT2D eigenvalue weighted by molar-refractivity contribution is 6.38. The number of aromatic carboxylic acids is 2. The minimum Gasteiger partial charge on any atom is -0.478 e. The summed E-state index contributed by atoms with van der Waals surface area (Å²) in [6.45, 7) is 2.27. The molecule has 0 unspecified atom stereocenters. The Kier molecular flexibility index (Phi) is 15.3. The Balaban J connectivity index is 1.20. The number of primary amides is 2. The lowest BCUT2D eigenvalue weighted by atomic mass is 9.81. The van der Waals surface area contributed by atoms with E-state index in [-0.39, 0.29) is 27.6 Å². The van der Waals surface area contributed by atoms with Gasteiger partial charge in [-0.15, -0.1) is 0 Å². The largest absolute Gasteiger partial charge is 0.478 e. The van der Waals surface area contributed by atoms with Gasteiger partial charge in [-0.2, -0.15) is 0 Å². The standard InChI is InChI=1S/C47H60N2O6/c1-2-3-4-5-6-7-8-9-10-11-12-13-14-15-16-17-18-19-20-21-22-23-31-30-38(45(49)51)41-35(44(48)50)27-24-33-32-25-28-36(46(52)53)42-37(47(54)55)29-26-34(40(32)42)39(31)43(33)41/h24-30H,2-23H2,1H3,(H2,48,50)(H2,49,51)(H,52,53)(H,54,55). The van der Waals surface area contributed by atoms with Gasteiger partial charge in [0.2, 0.25) is 11.8 Å². The maximum absolute atomic E-state index is 13.0. The number of aryl methyl sites for hydroxylation is 1. The molecule has 0 saturated heterocycles. The molecule has 0 bridgehead atoms. The number of fused-ring (bicyclic) bond motifs is 2. The SMILES string of the molecule is CCCCCCCCCCCCCCCCCCCCCCCc1cc(C(N)=O)c2c(C(N)=O)ccc3c4ccc(C(=O)O)c5c(C(=O)O)ccc(c1c23)c54. The predicted molar refractivity (Wildman–Crippen MR) is 225 cm³/mol. The van der Waals surface area contributed by atoms with E-state index < -0.39 is 23.8 Å². The molecule has 0 radical (unpaired) electrons. The van der Waals surface area contributed by atoms with Crippen molar-refractivity contribution < 1.29 is 29.4 Å². The Hall–Kier alpha value is -4.72. The Bertz CT molecular complexity index is 2100.